The largest absolute Gasteiger partial charge is 0.310 e. The zero-order valence-electron chi connectivity index (χ0n) is 6.22. The van der Waals surface area contributed by atoms with Crippen molar-refractivity contribution < 1.29 is 0 Å². The lowest BCUT2D eigenvalue weighted by molar-refractivity contribution is 0.407. The van der Waals surface area contributed by atoms with E-state index < -0.39 is 0 Å². The Morgan fingerprint density at radius 3 is 2.56 bits per heavy atom. The summed E-state index contributed by atoms with van der Waals surface area (Å²) >= 11 is 0. The lowest BCUT2D eigenvalue weighted by atomic mass is 9.99. The predicted molar refractivity (Wildman–Crippen MR) is 40.4 cm³/mol. The van der Waals surface area contributed by atoms with Crippen LogP contribution in [0.2, 0.25) is 0 Å². The molecule has 0 aliphatic carbocycles. The molecule has 9 heavy (non-hydrogen) atoms. The van der Waals surface area contributed by atoms with Crippen LogP contribution in [-0.2, 0) is 0 Å². The van der Waals surface area contributed by atoms with Gasteiger partial charge in [0.2, 0.25) is 0 Å². The van der Waals surface area contributed by atoms with Gasteiger partial charge in [-0.05, 0) is 12.3 Å². The first-order valence-electron chi connectivity index (χ1n) is 3.69. The van der Waals surface area contributed by atoms with E-state index in [0.29, 0.717) is 0 Å². The van der Waals surface area contributed by atoms with Crippen LogP contribution in [0.5, 0.6) is 0 Å². The molecule has 1 rings (SSSR count). The first-order chi connectivity index (χ1) is 4.30. The van der Waals surface area contributed by atoms with Crippen LogP contribution >= 0.6 is 0 Å². The third-order valence-corrected chi connectivity index (χ3v) is 1.86. The highest BCUT2D eigenvalue weighted by Crippen LogP contribution is 2.08. The Balaban J connectivity index is 2.35. The van der Waals surface area contributed by atoms with E-state index >= 15 is 0 Å². The molecule has 1 heteroatoms. The molecule has 0 radical (unpaired) electrons. The van der Waals surface area contributed by atoms with E-state index in [9.17, 15) is 0 Å². The van der Waals surface area contributed by atoms with Crippen molar-refractivity contribution in [2.75, 3.05) is 6.54 Å². The molecule has 0 aromatic rings. The van der Waals surface area contributed by atoms with Crippen molar-refractivity contribution in [3.63, 3.8) is 0 Å². The van der Waals surface area contributed by atoms with Gasteiger partial charge in [-0.3, -0.25) is 0 Å². The zero-order chi connectivity index (χ0) is 6.69. The SMILES string of the molecule is CC(C)C1CC=CCN1. The van der Waals surface area contributed by atoms with Crippen LogP contribution in [0.4, 0.5) is 0 Å². The first kappa shape index (κ1) is 6.81. The summed E-state index contributed by atoms with van der Waals surface area (Å²) in [5, 5.41) is 3.43. The van der Waals surface area contributed by atoms with E-state index in [1.54, 1.807) is 0 Å². The Labute approximate surface area is 57.1 Å². The number of nitrogens with one attached hydrogen (secondary N) is 1. The Morgan fingerprint density at radius 1 is 1.44 bits per heavy atom. The molecule has 0 saturated heterocycles. The van der Waals surface area contributed by atoms with E-state index in [-0.39, 0.29) is 0 Å². The third kappa shape index (κ3) is 1.83. The van der Waals surface area contributed by atoms with Gasteiger partial charge in [0, 0.05) is 12.6 Å². The Bertz CT molecular complexity index is 105. The van der Waals surface area contributed by atoms with Gasteiger partial charge in [0.05, 0.1) is 0 Å². The normalized spacial score (nSPS) is 27.2. The molecule has 0 aromatic carbocycles. The van der Waals surface area contributed by atoms with Crippen molar-refractivity contribution in [1.29, 1.82) is 0 Å². The standard InChI is InChI=1S/C8H15N/c1-7(2)8-5-3-4-6-9-8/h3-4,7-9H,5-6H2,1-2H3. The molecule has 1 atom stereocenters. The summed E-state index contributed by atoms with van der Waals surface area (Å²) in [6.07, 6.45) is 5.66. The quantitative estimate of drug-likeness (QED) is 0.524. The predicted octanol–water partition coefficient (Wildman–Crippen LogP) is 1.56. The average Bonchev–Trinajstić information content (AvgIpc) is 1.90. The molecule has 0 amide bonds. The summed E-state index contributed by atoms with van der Waals surface area (Å²) in [5.41, 5.74) is 0. The van der Waals surface area contributed by atoms with Gasteiger partial charge in [0.15, 0.2) is 0 Å². The van der Waals surface area contributed by atoms with Crippen LogP contribution in [0.25, 0.3) is 0 Å². The van der Waals surface area contributed by atoms with Crippen LogP contribution in [0.3, 0.4) is 0 Å². The third-order valence-electron chi connectivity index (χ3n) is 1.86. The molecular weight excluding hydrogens is 110 g/mol. The van der Waals surface area contributed by atoms with Crippen molar-refractivity contribution in [2.24, 2.45) is 5.92 Å². The summed E-state index contributed by atoms with van der Waals surface area (Å²) in [6, 6.07) is 0.718. The summed E-state index contributed by atoms with van der Waals surface area (Å²) in [6.45, 7) is 5.58. The number of hydrogen-bond acceptors (Lipinski definition) is 1. The summed E-state index contributed by atoms with van der Waals surface area (Å²) in [5.74, 6) is 0.773. The molecule has 0 saturated carbocycles. The Morgan fingerprint density at radius 2 is 2.22 bits per heavy atom. The van der Waals surface area contributed by atoms with Crippen molar-refractivity contribution in [3.05, 3.63) is 12.2 Å². The fraction of sp³-hybridized carbons (Fsp3) is 0.750. The lowest BCUT2D eigenvalue weighted by Crippen LogP contribution is -2.35. The van der Waals surface area contributed by atoms with Crippen LogP contribution in [-0.4, -0.2) is 12.6 Å². The fourth-order valence-corrected chi connectivity index (χ4v) is 1.14. The van der Waals surface area contributed by atoms with Crippen molar-refractivity contribution in [1.82, 2.24) is 5.32 Å². The van der Waals surface area contributed by atoms with E-state index in [4.69, 9.17) is 0 Å². The maximum Gasteiger partial charge on any atom is 0.0137 e. The van der Waals surface area contributed by atoms with Crippen LogP contribution in [0, 0.1) is 5.92 Å². The van der Waals surface area contributed by atoms with Gasteiger partial charge >= 0.3 is 0 Å². The molecule has 1 nitrogen and oxygen atoms in total. The minimum absolute atomic E-state index is 0.718. The number of hydrogen-bond donors (Lipinski definition) is 1. The van der Waals surface area contributed by atoms with Gasteiger partial charge in [0.1, 0.15) is 0 Å². The monoisotopic (exact) mass is 125 g/mol. The van der Waals surface area contributed by atoms with E-state index in [1.165, 1.54) is 6.42 Å². The molecule has 0 spiro atoms. The summed E-state index contributed by atoms with van der Waals surface area (Å²) < 4.78 is 0. The van der Waals surface area contributed by atoms with E-state index in [1.807, 2.05) is 0 Å². The maximum atomic E-state index is 3.43. The fourth-order valence-electron chi connectivity index (χ4n) is 1.14. The molecule has 1 heterocycles. The molecular formula is C8H15N. The first-order valence-corrected chi connectivity index (χ1v) is 3.69. The Kier molecular flexibility index (Phi) is 2.29. The number of rotatable bonds is 1. The van der Waals surface area contributed by atoms with Crippen LogP contribution in [0.15, 0.2) is 12.2 Å². The van der Waals surface area contributed by atoms with E-state index in [2.05, 4.69) is 31.3 Å². The zero-order valence-corrected chi connectivity index (χ0v) is 6.22. The Hall–Kier alpha value is -0.300. The van der Waals surface area contributed by atoms with Crippen LogP contribution in [0.1, 0.15) is 20.3 Å². The van der Waals surface area contributed by atoms with Gasteiger partial charge in [-0.2, -0.15) is 0 Å². The highest BCUT2D eigenvalue weighted by Gasteiger charge is 2.11. The minimum Gasteiger partial charge on any atom is -0.310 e. The summed E-state index contributed by atoms with van der Waals surface area (Å²) in [7, 11) is 0. The maximum absolute atomic E-state index is 3.43. The lowest BCUT2D eigenvalue weighted by Gasteiger charge is -2.22. The van der Waals surface area contributed by atoms with Crippen molar-refractivity contribution >= 4 is 0 Å². The molecule has 1 unspecified atom stereocenters. The highest BCUT2D eigenvalue weighted by atomic mass is 14.9. The van der Waals surface area contributed by atoms with Crippen LogP contribution < -0.4 is 5.32 Å². The second kappa shape index (κ2) is 3.02. The molecule has 0 fully saturated rings. The van der Waals surface area contributed by atoms with E-state index in [0.717, 1.165) is 18.5 Å². The smallest absolute Gasteiger partial charge is 0.0137 e. The van der Waals surface area contributed by atoms with Gasteiger partial charge in [-0.15, -0.1) is 0 Å². The second-order valence-corrected chi connectivity index (χ2v) is 2.97. The van der Waals surface area contributed by atoms with Gasteiger partial charge < -0.3 is 5.32 Å². The summed E-state index contributed by atoms with van der Waals surface area (Å²) in [4.78, 5) is 0. The van der Waals surface area contributed by atoms with Gasteiger partial charge in [-0.25, -0.2) is 0 Å². The molecule has 0 bridgehead atoms. The molecule has 0 aromatic heterocycles. The topological polar surface area (TPSA) is 12.0 Å². The molecule has 1 aliphatic rings. The molecule has 52 valence electrons. The molecule has 1 aliphatic heterocycles. The van der Waals surface area contributed by atoms with Crippen molar-refractivity contribution in [2.45, 2.75) is 26.3 Å². The van der Waals surface area contributed by atoms with Crippen molar-refractivity contribution in [3.8, 4) is 0 Å². The highest BCUT2D eigenvalue weighted by molar-refractivity contribution is 4.94. The second-order valence-electron chi connectivity index (χ2n) is 2.97. The van der Waals surface area contributed by atoms with Gasteiger partial charge in [-0.1, -0.05) is 26.0 Å². The molecule has 1 N–H and O–H groups in total. The average molecular weight is 125 g/mol. The minimum atomic E-state index is 0.718. The van der Waals surface area contributed by atoms with Gasteiger partial charge in [0.25, 0.3) is 0 Å².